The number of nitrogens with one attached hydrogen (secondary N) is 1. The highest BCUT2D eigenvalue weighted by molar-refractivity contribution is 5.82. The Balaban J connectivity index is 2.32. The lowest BCUT2D eigenvalue weighted by atomic mass is 10.1. The summed E-state index contributed by atoms with van der Waals surface area (Å²) in [6.07, 6.45) is -6.20. The van der Waals surface area contributed by atoms with Crippen molar-refractivity contribution in [2.75, 3.05) is 0 Å². The molecule has 1 amide bonds. The molecule has 0 aliphatic heterocycles. The van der Waals surface area contributed by atoms with Gasteiger partial charge in [0.2, 0.25) is 0 Å². The summed E-state index contributed by atoms with van der Waals surface area (Å²) in [5, 5.41) is 1.45. The molecule has 0 saturated carbocycles. The van der Waals surface area contributed by atoms with Crippen LogP contribution in [0.5, 0.6) is 0 Å². The maximum Gasteiger partial charge on any atom is 0.471 e. The molecule has 0 aromatic heterocycles. The van der Waals surface area contributed by atoms with Crippen molar-refractivity contribution >= 4 is 5.91 Å². The largest absolute Gasteiger partial charge is 0.471 e. The maximum atomic E-state index is 13.5. The van der Waals surface area contributed by atoms with Crippen LogP contribution >= 0.6 is 0 Å². The molecule has 0 radical (unpaired) electrons. The maximum absolute atomic E-state index is 13.5. The van der Waals surface area contributed by atoms with E-state index in [4.69, 9.17) is 0 Å². The summed E-state index contributed by atoms with van der Waals surface area (Å²) in [7, 11) is 0. The van der Waals surface area contributed by atoms with Gasteiger partial charge in [0.25, 0.3) is 5.92 Å². The second-order valence-electron chi connectivity index (χ2n) is 4.16. The SMILES string of the molecule is O=C(NC1CC(F)(F)c2ccc(F)cc21)C(F)(F)F. The molecule has 0 spiro atoms. The van der Waals surface area contributed by atoms with Crippen LogP contribution in [0.25, 0.3) is 0 Å². The van der Waals surface area contributed by atoms with Crippen LogP contribution in [0.3, 0.4) is 0 Å². The van der Waals surface area contributed by atoms with Gasteiger partial charge in [0.1, 0.15) is 5.82 Å². The average Bonchev–Trinajstić information content (AvgIpc) is 2.48. The van der Waals surface area contributed by atoms with Gasteiger partial charge in [0.05, 0.1) is 6.04 Å². The Bertz CT molecular complexity index is 524. The van der Waals surface area contributed by atoms with Gasteiger partial charge in [0, 0.05) is 12.0 Å². The van der Waals surface area contributed by atoms with Gasteiger partial charge < -0.3 is 5.32 Å². The number of hydrogen-bond donors (Lipinski definition) is 1. The highest BCUT2D eigenvalue weighted by Crippen LogP contribution is 2.47. The fourth-order valence-corrected chi connectivity index (χ4v) is 2.00. The van der Waals surface area contributed by atoms with Crippen LogP contribution < -0.4 is 5.32 Å². The van der Waals surface area contributed by atoms with Gasteiger partial charge in [0.15, 0.2) is 0 Å². The Morgan fingerprint density at radius 2 is 1.95 bits per heavy atom. The van der Waals surface area contributed by atoms with Crippen LogP contribution in [-0.2, 0) is 10.7 Å². The number of carbonyl (C=O) groups excluding carboxylic acids is 1. The van der Waals surface area contributed by atoms with Crippen molar-refractivity contribution in [3.8, 4) is 0 Å². The van der Waals surface area contributed by atoms with Crippen LogP contribution in [0.2, 0.25) is 0 Å². The van der Waals surface area contributed by atoms with Gasteiger partial charge in [-0.05, 0) is 23.8 Å². The van der Waals surface area contributed by atoms with Gasteiger partial charge in [-0.1, -0.05) is 0 Å². The molecule has 0 heterocycles. The van der Waals surface area contributed by atoms with E-state index in [9.17, 15) is 31.1 Å². The van der Waals surface area contributed by atoms with Gasteiger partial charge in [-0.25, -0.2) is 13.2 Å². The third-order valence-corrected chi connectivity index (χ3v) is 2.81. The molecule has 1 aromatic rings. The minimum atomic E-state index is -5.18. The zero-order chi connectivity index (χ0) is 14.4. The number of rotatable bonds is 1. The number of carbonyl (C=O) groups is 1. The van der Waals surface area contributed by atoms with Gasteiger partial charge in [-0.3, -0.25) is 4.79 Å². The van der Waals surface area contributed by atoms with Crippen LogP contribution in [0, 0.1) is 5.82 Å². The molecule has 19 heavy (non-hydrogen) atoms. The number of hydrogen-bond acceptors (Lipinski definition) is 1. The molecular formula is C11H7F6NO. The molecule has 1 aromatic carbocycles. The van der Waals surface area contributed by atoms with E-state index >= 15 is 0 Å². The van der Waals surface area contributed by atoms with Crippen molar-refractivity contribution in [3.63, 3.8) is 0 Å². The Labute approximate surface area is 103 Å². The number of halogens is 6. The lowest BCUT2D eigenvalue weighted by molar-refractivity contribution is -0.174. The number of benzene rings is 1. The quantitative estimate of drug-likeness (QED) is 0.789. The van der Waals surface area contributed by atoms with E-state index in [0.717, 1.165) is 12.1 Å². The summed E-state index contributed by atoms with van der Waals surface area (Å²) in [5.74, 6) is -6.58. The van der Waals surface area contributed by atoms with E-state index in [2.05, 4.69) is 0 Å². The van der Waals surface area contributed by atoms with Crippen molar-refractivity contribution in [1.82, 2.24) is 5.32 Å². The molecule has 8 heteroatoms. The highest BCUT2D eigenvalue weighted by Gasteiger charge is 2.48. The highest BCUT2D eigenvalue weighted by atomic mass is 19.4. The Hall–Kier alpha value is -1.73. The fourth-order valence-electron chi connectivity index (χ4n) is 2.00. The summed E-state index contributed by atoms with van der Waals surface area (Å²) < 4.78 is 76.2. The second kappa shape index (κ2) is 4.14. The zero-order valence-electron chi connectivity index (χ0n) is 9.19. The van der Waals surface area contributed by atoms with Crippen molar-refractivity contribution < 1.29 is 31.1 Å². The lowest BCUT2D eigenvalue weighted by Gasteiger charge is -2.15. The number of fused-ring (bicyclic) bond motifs is 1. The molecule has 0 fully saturated rings. The topological polar surface area (TPSA) is 29.1 Å². The molecule has 1 atom stereocenters. The van der Waals surface area contributed by atoms with Crippen LogP contribution in [-0.4, -0.2) is 12.1 Å². The smallest absolute Gasteiger partial charge is 0.341 e. The van der Waals surface area contributed by atoms with Crippen LogP contribution in [0.15, 0.2) is 18.2 Å². The monoisotopic (exact) mass is 283 g/mol. The third-order valence-electron chi connectivity index (χ3n) is 2.81. The summed E-state index contributed by atoms with van der Waals surface area (Å²) in [6, 6.07) is 0.748. The molecule has 1 aliphatic rings. The Kier molecular flexibility index (Phi) is 2.98. The van der Waals surface area contributed by atoms with E-state index < -0.39 is 41.8 Å². The molecule has 0 bridgehead atoms. The first-order valence-corrected chi connectivity index (χ1v) is 5.17. The lowest BCUT2D eigenvalue weighted by Crippen LogP contribution is -2.38. The minimum absolute atomic E-state index is 0.331. The van der Waals surface area contributed by atoms with Gasteiger partial charge >= 0.3 is 12.1 Å². The molecule has 1 aliphatic carbocycles. The fraction of sp³-hybridized carbons (Fsp3) is 0.364. The summed E-state index contributed by atoms with van der Waals surface area (Å²) >= 11 is 0. The first kappa shape index (κ1) is 13.7. The first-order valence-electron chi connectivity index (χ1n) is 5.17. The van der Waals surface area contributed by atoms with E-state index in [-0.39, 0.29) is 5.56 Å². The Morgan fingerprint density at radius 1 is 1.32 bits per heavy atom. The van der Waals surface area contributed by atoms with E-state index in [0.29, 0.717) is 6.07 Å². The molecule has 0 saturated heterocycles. The molecular weight excluding hydrogens is 276 g/mol. The normalized spacial score (nSPS) is 21.1. The molecule has 1 unspecified atom stereocenters. The predicted octanol–water partition coefficient (Wildman–Crippen LogP) is 3.04. The van der Waals surface area contributed by atoms with Gasteiger partial charge in [-0.15, -0.1) is 0 Å². The third kappa shape index (κ3) is 2.52. The average molecular weight is 283 g/mol. The zero-order valence-corrected chi connectivity index (χ0v) is 9.19. The minimum Gasteiger partial charge on any atom is -0.341 e. The first-order chi connectivity index (χ1) is 8.61. The van der Waals surface area contributed by atoms with Crippen molar-refractivity contribution in [3.05, 3.63) is 35.1 Å². The van der Waals surface area contributed by atoms with Crippen molar-refractivity contribution in [2.45, 2.75) is 24.6 Å². The Morgan fingerprint density at radius 3 is 2.53 bits per heavy atom. The van der Waals surface area contributed by atoms with Crippen molar-refractivity contribution in [2.24, 2.45) is 0 Å². The molecule has 1 N–H and O–H groups in total. The summed E-state index contributed by atoms with van der Waals surface area (Å²) in [5.41, 5.74) is -0.899. The van der Waals surface area contributed by atoms with E-state index in [1.807, 2.05) is 0 Å². The molecule has 2 nitrogen and oxygen atoms in total. The molecule has 104 valence electrons. The number of alkyl halides is 5. The predicted molar refractivity (Wildman–Crippen MR) is 51.8 cm³/mol. The van der Waals surface area contributed by atoms with Gasteiger partial charge in [-0.2, -0.15) is 13.2 Å². The standard InChI is InChI=1S/C11H7F6NO/c12-5-1-2-7-6(3-5)8(4-10(7,13)14)18-9(19)11(15,16)17/h1-3,8H,4H2,(H,18,19). The van der Waals surface area contributed by atoms with Crippen LogP contribution in [0.4, 0.5) is 26.3 Å². The van der Waals surface area contributed by atoms with Crippen molar-refractivity contribution in [1.29, 1.82) is 0 Å². The summed E-state index contributed by atoms with van der Waals surface area (Å²) in [6.45, 7) is 0. The second-order valence-corrected chi connectivity index (χ2v) is 4.16. The van der Waals surface area contributed by atoms with Crippen LogP contribution in [0.1, 0.15) is 23.6 Å². The number of amides is 1. The summed E-state index contributed by atoms with van der Waals surface area (Å²) in [4.78, 5) is 10.8. The van der Waals surface area contributed by atoms with E-state index in [1.54, 1.807) is 0 Å². The van der Waals surface area contributed by atoms with E-state index in [1.165, 1.54) is 5.32 Å². The molecule has 2 rings (SSSR count).